The minimum Gasteiger partial charge on any atom is -0.486 e. The fourth-order valence-electron chi connectivity index (χ4n) is 3.66. The number of carbonyl (C=O) groups is 1. The summed E-state index contributed by atoms with van der Waals surface area (Å²) in [6, 6.07) is 13.6. The number of aryl methyl sites for hydroxylation is 1. The van der Waals surface area contributed by atoms with Gasteiger partial charge in [-0.2, -0.15) is 4.98 Å². The Morgan fingerprint density at radius 2 is 1.86 bits per heavy atom. The van der Waals surface area contributed by atoms with Crippen LogP contribution in [0.2, 0.25) is 0 Å². The number of benzene rings is 2. The second-order valence-corrected chi connectivity index (χ2v) is 7.28. The monoisotopic (exact) mass is 376 g/mol. The fourth-order valence-corrected chi connectivity index (χ4v) is 3.66. The SMILES string of the molecule is CCc1cccc(-c2noc(-c3ccc4c(c3)C(=O)CC(CC)(CC)O4)n2)c1. The number of carbonyl (C=O) groups excluding carboxylic acids is 1. The molecule has 1 aliphatic heterocycles. The van der Waals surface area contributed by atoms with Crippen LogP contribution in [0.5, 0.6) is 5.75 Å². The highest BCUT2D eigenvalue weighted by Crippen LogP contribution is 2.39. The first kappa shape index (κ1) is 18.4. The van der Waals surface area contributed by atoms with Crippen molar-refractivity contribution in [2.24, 2.45) is 0 Å². The lowest BCUT2D eigenvalue weighted by atomic mass is 9.85. The predicted molar refractivity (Wildman–Crippen MR) is 107 cm³/mol. The van der Waals surface area contributed by atoms with Gasteiger partial charge in [-0.05, 0) is 49.1 Å². The maximum absolute atomic E-state index is 12.8. The van der Waals surface area contributed by atoms with Crippen LogP contribution in [0.4, 0.5) is 0 Å². The first-order chi connectivity index (χ1) is 13.6. The zero-order valence-corrected chi connectivity index (χ0v) is 16.5. The molecule has 3 aromatic rings. The molecule has 0 atom stereocenters. The Labute approximate surface area is 164 Å². The van der Waals surface area contributed by atoms with Gasteiger partial charge in [0, 0.05) is 11.1 Å². The number of hydrogen-bond acceptors (Lipinski definition) is 5. The molecule has 2 aromatic carbocycles. The van der Waals surface area contributed by atoms with Crippen molar-refractivity contribution >= 4 is 5.78 Å². The number of ether oxygens (including phenoxy) is 1. The Hall–Kier alpha value is -2.95. The van der Waals surface area contributed by atoms with Crippen LogP contribution in [0, 0.1) is 0 Å². The molecule has 4 rings (SSSR count). The van der Waals surface area contributed by atoms with Crippen molar-refractivity contribution in [2.75, 3.05) is 0 Å². The summed E-state index contributed by atoms with van der Waals surface area (Å²) < 4.78 is 11.7. The Kier molecular flexibility index (Phi) is 4.75. The smallest absolute Gasteiger partial charge is 0.258 e. The summed E-state index contributed by atoms with van der Waals surface area (Å²) in [5, 5.41) is 4.12. The maximum atomic E-state index is 12.8. The number of aromatic nitrogens is 2. The summed E-state index contributed by atoms with van der Waals surface area (Å²) >= 11 is 0. The van der Waals surface area contributed by atoms with Gasteiger partial charge in [-0.25, -0.2) is 0 Å². The molecule has 0 amide bonds. The first-order valence-electron chi connectivity index (χ1n) is 9.87. The average Bonchev–Trinajstić information content (AvgIpc) is 3.24. The molecule has 1 aromatic heterocycles. The van der Waals surface area contributed by atoms with Crippen LogP contribution in [0.15, 0.2) is 47.0 Å². The van der Waals surface area contributed by atoms with Gasteiger partial charge < -0.3 is 9.26 Å². The third-order valence-corrected chi connectivity index (χ3v) is 5.64. The second kappa shape index (κ2) is 7.23. The van der Waals surface area contributed by atoms with Crippen molar-refractivity contribution in [1.29, 1.82) is 0 Å². The van der Waals surface area contributed by atoms with E-state index in [2.05, 4.69) is 43.0 Å². The molecule has 0 aliphatic carbocycles. The van der Waals surface area contributed by atoms with Gasteiger partial charge in [-0.3, -0.25) is 4.79 Å². The zero-order chi connectivity index (χ0) is 19.7. The van der Waals surface area contributed by atoms with E-state index in [4.69, 9.17) is 9.26 Å². The Bertz CT molecular complexity index is 1020. The Balaban J connectivity index is 1.66. The molecule has 2 heterocycles. The lowest BCUT2D eigenvalue weighted by Gasteiger charge is -2.36. The van der Waals surface area contributed by atoms with Crippen molar-refractivity contribution < 1.29 is 14.1 Å². The summed E-state index contributed by atoms with van der Waals surface area (Å²) in [4.78, 5) is 17.3. The minimum absolute atomic E-state index is 0.0992. The van der Waals surface area contributed by atoms with Crippen molar-refractivity contribution in [3.05, 3.63) is 53.6 Å². The molecule has 5 heteroatoms. The quantitative estimate of drug-likeness (QED) is 0.589. The molecule has 1 aliphatic rings. The first-order valence-corrected chi connectivity index (χ1v) is 9.87. The lowest BCUT2D eigenvalue weighted by Crippen LogP contribution is -2.40. The molecule has 0 bridgehead atoms. The van der Waals surface area contributed by atoms with Crippen molar-refractivity contribution in [2.45, 2.75) is 52.1 Å². The van der Waals surface area contributed by atoms with E-state index in [-0.39, 0.29) is 5.78 Å². The highest BCUT2D eigenvalue weighted by Gasteiger charge is 2.37. The lowest BCUT2D eigenvalue weighted by molar-refractivity contribution is 0.0350. The van der Waals surface area contributed by atoms with E-state index >= 15 is 0 Å². The Morgan fingerprint density at radius 1 is 1.04 bits per heavy atom. The number of rotatable bonds is 5. The van der Waals surface area contributed by atoms with Crippen LogP contribution < -0.4 is 4.74 Å². The van der Waals surface area contributed by atoms with Crippen LogP contribution in [0.3, 0.4) is 0 Å². The number of ketones is 1. The van der Waals surface area contributed by atoms with E-state index in [0.717, 1.165) is 30.4 Å². The molecule has 0 unspecified atom stereocenters. The van der Waals surface area contributed by atoms with E-state index in [0.29, 0.717) is 29.4 Å². The molecule has 0 N–H and O–H groups in total. The summed E-state index contributed by atoms with van der Waals surface area (Å²) in [5.74, 6) is 1.68. The van der Waals surface area contributed by atoms with Crippen LogP contribution in [-0.2, 0) is 6.42 Å². The van der Waals surface area contributed by atoms with Gasteiger partial charge in [0.2, 0.25) is 5.82 Å². The van der Waals surface area contributed by atoms with Gasteiger partial charge in [0.05, 0.1) is 12.0 Å². The molecule has 0 fully saturated rings. The summed E-state index contributed by atoms with van der Waals surface area (Å²) in [5.41, 5.74) is 3.05. The molecular weight excluding hydrogens is 352 g/mol. The second-order valence-electron chi connectivity index (χ2n) is 7.28. The van der Waals surface area contributed by atoms with Crippen LogP contribution in [0.25, 0.3) is 22.8 Å². The standard InChI is InChI=1S/C23H24N2O3/c1-4-15-8-7-9-16(12-15)21-24-22(28-25-21)17-10-11-20-18(13-17)19(26)14-23(5-2,6-3)27-20/h7-13H,4-6,14H2,1-3H3. The van der Waals surface area contributed by atoms with E-state index in [9.17, 15) is 4.79 Å². The topological polar surface area (TPSA) is 65.2 Å². The molecular formula is C23H24N2O3. The van der Waals surface area contributed by atoms with Gasteiger partial charge in [-0.15, -0.1) is 0 Å². The zero-order valence-electron chi connectivity index (χ0n) is 16.5. The number of nitrogens with zero attached hydrogens (tertiary/aromatic N) is 2. The van der Waals surface area contributed by atoms with Crippen molar-refractivity contribution in [3.8, 4) is 28.6 Å². The minimum atomic E-state index is -0.395. The molecule has 144 valence electrons. The predicted octanol–water partition coefficient (Wildman–Crippen LogP) is 5.49. The normalized spacial score (nSPS) is 15.2. The molecule has 5 nitrogen and oxygen atoms in total. The van der Waals surface area contributed by atoms with Crippen molar-refractivity contribution in [3.63, 3.8) is 0 Å². The molecule has 0 saturated heterocycles. The third-order valence-electron chi connectivity index (χ3n) is 5.64. The molecule has 0 spiro atoms. The number of hydrogen-bond donors (Lipinski definition) is 0. The van der Waals surface area contributed by atoms with Gasteiger partial charge >= 0.3 is 0 Å². The molecule has 0 saturated carbocycles. The fraction of sp³-hybridized carbons (Fsp3) is 0.348. The maximum Gasteiger partial charge on any atom is 0.258 e. The summed E-state index contributed by atoms with van der Waals surface area (Å²) in [7, 11) is 0. The number of Topliss-reactive ketones (excluding diaryl/α,β-unsaturated/α-hetero) is 1. The van der Waals surface area contributed by atoms with E-state index in [1.165, 1.54) is 5.56 Å². The molecule has 0 radical (unpaired) electrons. The van der Waals surface area contributed by atoms with E-state index in [1.54, 1.807) is 6.07 Å². The number of fused-ring (bicyclic) bond motifs is 1. The third kappa shape index (κ3) is 3.21. The van der Waals surface area contributed by atoms with E-state index in [1.807, 2.05) is 24.3 Å². The highest BCUT2D eigenvalue weighted by molar-refractivity contribution is 6.01. The van der Waals surface area contributed by atoms with E-state index < -0.39 is 5.60 Å². The van der Waals surface area contributed by atoms with Crippen molar-refractivity contribution in [1.82, 2.24) is 10.1 Å². The van der Waals surface area contributed by atoms with Crippen LogP contribution in [-0.4, -0.2) is 21.5 Å². The summed E-state index contributed by atoms with van der Waals surface area (Å²) in [6.07, 6.45) is 2.96. The Morgan fingerprint density at radius 3 is 2.61 bits per heavy atom. The average molecular weight is 376 g/mol. The van der Waals surface area contributed by atoms with Gasteiger partial charge in [-0.1, -0.05) is 44.1 Å². The van der Waals surface area contributed by atoms with Gasteiger partial charge in [0.25, 0.3) is 5.89 Å². The van der Waals surface area contributed by atoms with Gasteiger partial charge in [0.1, 0.15) is 11.4 Å². The summed E-state index contributed by atoms with van der Waals surface area (Å²) in [6.45, 7) is 6.23. The van der Waals surface area contributed by atoms with Crippen LogP contribution >= 0.6 is 0 Å². The largest absolute Gasteiger partial charge is 0.486 e. The van der Waals surface area contributed by atoms with Gasteiger partial charge in [0.15, 0.2) is 5.78 Å². The van der Waals surface area contributed by atoms with Crippen LogP contribution in [0.1, 0.15) is 56.0 Å². The highest BCUT2D eigenvalue weighted by atomic mass is 16.5. The molecule has 28 heavy (non-hydrogen) atoms.